The molecule has 1 aliphatic rings. The van der Waals surface area contributed by atoms with Crippen molar-refractivity contribution in [2.24, 2.45) is 0 Å². The highest BCUT2D eigenvalue weighted by atomic mass is 16.2. The molecule has 0 spiro atoms. The fourth-order valence-electron chi connectivity index (χ4n) is 1.88. The van der Waals surface area contributed by atoms with Crippen LogP contribution in [0.4, 0.5) is 5.69 Å². The van der Waals surface area contributed by atoms with E-state index >= 15 is 0 Å². The third-order valence-corrected chi connectivity index (χ3v) is 2.88. The van der Waals surface area contributed by atoms with Gasteiger partial charge in [0.15, 0.2) is 0 Å². The average Bonchev–Trinajstić information content (AvgIpc) is 2.89. The number of aliphatic hydroxyl groups is 1. The molecule has 1 heterocycles. The van der Waals surface area contributed by atoms with Gasteiger partial charge in [0.2, 0.25) is 5.91 Å². The van der Waals surface area contributed by atoms with Gasteiger partial charge in [0.05, 0.1) is 11.9 Å². The van der Waals surface area contributed by atoms with Crippen molar-refractivity contribution in [3.8, 4) is 0 Å². The molecule has 1 saturated heterocycles. The van der Waals surface area contributed by atoms with Crippen molar-refractivity contribution in [1.82, 2.24) is 5.43 Å². The molecule has 1 fully saturated rings. The standard InChI is InChI=1S/C9H8N2O2.C8H8O/c12-8-6-9(13)11(10-8)7-4-2-1-3-5-7;9-7-6-8-4-2-1-3-5-8/h1-5H,6H2,(H,10,12);1-7,9H. The summed E-state index contributed by atoms with van der Waals surface area (Å²) in [6, 6.07) is 18.7. The lowest BCUT2D eigenvalue weighted by Crippen LogP contribution is -2.35. The fourth-order valence-corrected chi connectivity index (χ4v) is 1.88. The van der Waals surface area contributed by atoms with E-state index in [9.17, 15) is 9.59 Å². The number of hydrazine groups is 1. The largest absolute Gasteiger partial charge is 0.516 e. The zero-order valence-electron chi connectivity index (χ0n) is 11.8. The summed E-state index contributed by atoms with van der Waals surface area (Å²) < 4.78 is 0. The molecule has 2 aromatic carbocycles. The van der Waals surface area contributed by atoms with Gasteiger partial charge in [-0.3, -0.25) is 15.0 Å². The lowest BCUT2D eigenvalue weighted by Gasteiger charge is -2.14. The summed E-state index contributed by atoms with van der Waals surface area (Å²) in [5.41, 5.74) is 4.17. The number of carbonyl (C=O) groups excluding carboxylic acids is 2. The topological polar surface area (TPSA) is 69.6 Å². The number of nitrogens with one attached hydrogen (secondary N) is 1. The second-order valence-electron chi connectivity index (χ2n) is 4.50. The molecule has 112 valence electrons. The van der Waals surface area contributed by atoms with Crippen LogP contribution in [0.2, 0.25) is 0 Å². The molecule has 22 heavy (non-hydrogen) atoms. The van der Waals surface area contributed by atoms with Gasteiger partial charge >= 0.3 is 0 Å². The van der Waals surface area contributed by atoms with Crippen LogP contribution in [0.25, 0.3) is 6.08 Å². The monoisotopic (exact) mass is 296 g/mol. The summed E-state index contributed by atoms with van der Waals surface area (Å²) in [7, 11) is 0. The number of carbonyl (C=O) groups is 2. The van der Waals surface area contributed by atoms with Crippen molar-refractivity contribution in [2.45, 2.75) is 6.42 Å². The lowest BCUT2D eigenvalue weighted by atomic mass is 10.2. The Hall–Kier alpha value is -3.08. The van der Waals surface area contributed by atoms with Gasteiger partial charge < -0.3 is 5.11 Å². The molecule has 3 rings (SSSR count). The Kier molecular flexibility index (Phi) is 5.31. The minimum Gasteiger partial charge on any atom is -0.516 e. The number of nitrogens with zero attached hydrogens (tertiary/aromatic N) is 1. The van der Waals surface area contributed by atoms with E-state index in [-0.39, 0.29) is 18.2 Å². The molecule has 2 aromatic rings. The number of benzene rings is 2. The van der Waals surface area contributed by atoms with E-state index in [1.807, 2.05) is 48.5 Å². The Morgan fingerprint density at radius 3 is 2.05 bits per heavy atom. The molecule has 2 N–H and O–H groups in total. The van der Waals surface area contributed by atoms with E-state index in [0.717, 1.165) is 11.8 Å². The highest BCUT2D eigenvalue weighted by Crippen LogP contribution is 2.15. The SMILES string of the molecule is O=C1CC(=O)N(c2ccccc2)N1.OC=Cc1ccccc1. The molecule has 0 aromatic heterocycles. The molecular formula is C17H16N2O3. The molecule has 5 heteroatoms. The van der Waals surface area contributed by atoms with Crippen LogP contribution in [-0.2, 0) is 9.59 Å². The highest BCUT2D eigenvalue weighted by Gasteiger charge is 2.27. The maximum Gasteiger partial charge on any atom is 0.255 e. The van der Waals surface area contributed by atoms with E-state index in [4.69, 9.17) is 5.11 Å². The molecule has 0 atom stereocenters. The van der Waals surface area contributed by atoms with Crippen molar-refractivity contribution in [2.75, 3.05) is 5.01 Å². The molecule has 0 unspecified atom stereocenters. The van der Waals surface area contributed by atoms with Crippen LogP contribution < -0.4 is 10.4 Å². The molecule has 1 aliphatic heterocycles. The van der Waals surface area contributed by atoms with E-state index in [2.05, 4.69) is 5.43 Å². The van der Waals surface area contributed by atoms with Crippen LogP contribution in [0, 0.1) is 0 Å². The third-order valence-electron chi connectivity index (χ3n) is 2.88. The number of aliphatic hydroxyl groups excluding tert-OH is 1. The van der Waals surface area contributed by atoms with E-state index in [1.54, 1.807) is 18.2 Å². The predicted molar refractivity (Wildman–Crippen MR) is 84.8 cm³/mol. The summed E-state index contributed by atoms with van der Waals surface area (Å²) in [5, 5.41) is 9.61. The average molecular weight is 296 g/mol. The Bertz CT molecular complexity index is 654. The van der Waals surface area contributed by atoms with Gasteiger partial charge in [0.1, 0.15) is 6.42 Å². The fraction of sp³-hybridized carbons (Fsp3) is 0.0588. The maximum atomic E-state index is 11.2. The highest BCUT2D eigenvalue weighted by molar-refractivity contribution is 6.11. The van der Waals surface area contributed by atoms with Gasteiger partial charge in [-0.1, -0.05) is 48.5 Å². The van der Waals surface area contributed by atoms with Gasteiger partial charge in [-0.15, -0.1) is 0 Å². The van der Waals surface area contributed by atoms with Crippen LogP contribution in [0.15, 0.2) is 66.9 Å². The predicted octanol–water partition coefficient (Wildman–Crippen LogP) is 2.67. The quantitative estimate of drug-likeness (QED) is 0.661. The second-order valence-corrected chi connectivity index (χ2v) is 4.50. The summed E-state index contributed by atoms with van der Waals surface area (Å²) in [4.78, 5) is 22.1. The molecule has 2 amide bonds. The van der Waals surface area contributed by atoms with Crippen LogP contribution in [0.5, 0.6) is 0 Å². The van der Waals surface area contributed by atoms with E-state index in [0.29, 0.717) is 5.69 Å². The van der Waals surface area contributed by atoms with Crippen molar-refractivity contribution in [3.63, 3.8) is 0 Å². The number of para-hydroxylation sites is 1. The second kappa shape index (κ2) is 7.64. The van der Waals surface area contributed by atoms with Gasteiger partial charge in [-0.2, -0.15) is 0 Å². The maximum absolute atomic E-state index is 11.2. The first-order valence-corrected chi connectivity index (χ1v) is 6.74. The smallest absolute Gasteiger partial charge is 0.255 e. The number of hydrogen-bond acceptors (Lipinski definition) is 3. The first-order valence-electron chi connectivity index (χ1n) is 6.74. The first-order chi connectivity index (χ1) is 10.7. The number of hydrogen-bond donors (Lipinski definition) is 2. The Labute approximate surface area is 128 Å². The summed E-state index contributed by atoms with van der Waals surface area (Å²) >= 11 is 0. The zero-order valence-corrected chi connectivity index (χ0v) is 11.8. The van der Waals surface area contributed by atoms with Gasteiger partial charge in [0, 0.05) is 0 Å². The van der Waals surface area contributed by atoms with Gasteiger partial charge in [0.25, 0.3) is 5.91 Å². The molecule has 0 radical (unpaired) electrons. The normalized spacial score (nSPS) is 13.7. The summed E-state index contributed by atoms with van der Waals surface area (Å²) in [5.74, 6) is -0.468. The van der Waals surface area contributed by atoms with E-state index < -0.39 is 0 Å². The summed E-state index contributed by atoms with van der Waals surface area (Å²) in [6.45, 7) is 0. The molecule has 0 bridgehead atoms. The van der Waals surface area contributed by atoms with Gasteiger partial charge in [-0.25, -0.2) is 5.01 Å². The Morgan fingerprint density at radius 1 is 0.955 bits per heavy atom. The molecule has 5 nitrogen and oxygen atoms in total. The van der Waals surface area contributed by atoms with Crippen molar-refractivity contribution in [3.05, 3.63) is 72.5 Å². The minimum absolute atomic E-state index is 0.0606. The van der Waals surface area contributed by atoms with Crippen molar-refractivity contribution < 1.29 is 14.7 Å². The Balaban J connectivity index is 0.000000172. The third kappa shape index (κ3) is 4.21. The van der Waals surface area contributed by atoms with Crippen molar-refractivity contribution >= 4 is 23.6 Å². The molecule has 0 aliphatic carbocycles. The van der Waals surface area contributed by atoms with E-state index in [1.165, 1.54) is 5.01 Å². The van der Waals surface area contributed by atoms with Crippen molar-refractivity contribution in [1.29, 1.82) is 0 Å². The first kappa shape index (κ1) is 15.3. The number of anilines is 1. The van der Waals surface area contributed by atoms with Crippen LogP contribution >= 0.6 is 0 Å². The summed E-state index contributed by atoms with van der Waals surface area (Å²) in [6.07, 6.45) is 2.62. The number of rotatable bonds is 2. The van der Waals surface area contributed by atoms with Crippen LogP contribution in [-0.4, -0.2) is 16.9 Å². The van der Waals surface area contributed by atoms with Gasteiger partial charge in [-0.05, 0) is 23.8 Å². The molecular weight excluding hydrogens is 280 g/mol. The Morgan fingerprint density at radius 2 is 1.55 bits per heavy atom. The lowest BCUT2D eigenvalue weighted by molar-refractivity contribution is -0.122. The minimum atomic E-state index is -0.256. The van der Waals surface area contributed by atoms with Crippen LogP contribution in [0.1, 0.15) is 12.0 Å². The van der Waals surface area contributed by atoms with Crippen LogP contribution in [0.3, 0.4) is 0 Å². The zero-order chi connectivity index (χ0) is 15.8. The number of amides is 2. The molecule has 0 saturated carbocycles.